The molecule has 4 atom stereocenters. The number of likely N-dealkylation sites (N-methyl/N-ethyl adjacent to an activating group) is 1. The molecule has 0 aliphatic heterocycles. The second-order valence-electron chi connectivity index (χ2n) is 17.9. The largest absolute Gasteiger partial charge is 0.756 e. The Morgan fingerprint density at radius 2 is 1.02 bits per heavy atom. The molecule has 9 nitrogen and oxygen atoms in total. The van der Waals surface area contributed by atoms with Crippen LogP contribution in [0.4, 0.5) is 0 Å². The van der Waals surface area contributed by atoms with Gasteiger partial charge < -0.3 is 34.0 Å². The third-order valence-electron chi connectivity index (χ3n) is 10.9. The Labute approximate surface area is 364 Å². The van der Waals surface area contributed by atoms with Crippen LogP contribution in [0.15, 0.2) is 36.5 Å². The highest BCUT2D eigenvalue weighted by molar-refractivity contribution is 7.45. The van der Waals surface area contributed by atoms with Crippen molar-refractivity contribution < 1.29 is 38.0 Å². The number of hydrogen-bond donors (Lipinski definition) is 3. The summed E-state index contributed by atoms with van der Waals surface area (Å²) in [6.45, 7) is 4.40. The first-order chi connectivity index (χ1) is 28.4. The van der Waals surface area contributed by atoms with Crippen molar-refractivity contribution >= 4 is 13.7 Å². The van der Waals surface area contributed by atoms with Crippen LogP contribution in [0.3, 0.4) is 0 Å². The van der Waals surface area contributed by atoms with E-state index in [1.54, 1.807) is 0 Å². The number of carbonyl (C=O) groups is 1. The molecule has 1 amide bonds. The number of quaternary nitrogens is 1. The van der Waals surface area contributed by atoms with Crippen molar-refractivity contribution in [3.8, 4) is 0 Å². The highest BCUT2D eigenvalue weighted by Crippen LogP contribution is 2.38. The predicted molar refractivity (Wildman–Crippen MR) is 248 cm³/mol. The maximum absolute atomic E-state index is 12.9. The third-order valence-corrected chi connectivity index (χ3v) is 11.9. The van der Waals surface area contributed by atoms with Gasteiger partial charge in [0, 0.05) is 6.42 Å². The van der Waals surface area contributed by atoms with Gasteiger partial charge >= 0.3 is 0 Å². The predicted octanol–water partition coefficient (Wildman–Crippen LogP) is 12.2. The number of amides is 1. The number of phosphoric ester groups is 1. The van der Waals surface area contributed by atoms with E-state index in [9.17, 15) is 24.5 Å². The second kappa shape index (κ2) is 40.7. The molecule has 0 bridgehead atoms. The summed E-state index contributed by atoms with van der Waals surface area (Å²) in [5.74, 6) is -0.291. The van der Waals surface area contributed by atoms with Crippen molar-refractivity contribution in [2.75, 3.05) is 40.9 Å². The summed E-state index contributed by atoms with van der Waals surface area (Å²) in [6.07, 6.45) is 46.2. The molecular formula is C49H95N2O7P. The fourth-order valence-corrected chi connectivity index (χ4v) is 7.71. The van der Waals surface area contributed by atoms with E-state index < -0.39 is 32.7 Å². The highest BCUT2D eigenvalue weighted by atomic mass is 31.2. The fraction of sp³-hybridized carbons (Fsp3) is 0.857. The van der Waals surface area contributed by atoms with E-state index >= 15 is 0 Å². The Balaban J connectivity index is 4.37. The summed E-state index contributed by atoms with van der Waals surface area (Å²) < 4.78 is 23.2. The first kappa shape index (κ1) is 57.7. The Morgan fingerprint density at radius 3 is 1.47 bits per heavy atom. The van der Waals surface area contributed by atoms with Gasteiger partial charge in [0.1, 0.15) is 19.3 Å². The molecule has 0 aliphatic rings. The van der Waals surface area contributed by atoms with Crippen LogP contribution in [-0.4, -0.2) is 79.8 Å². The van der Waals surface area contributed by atoms with Crippen molar-refractivity contribution in [2.24, 2.45) is 0 Å². The van der Waals surface area contributed by atoms with Crippen LogP contribution in [0.5, 0.6) is 0 Å². The molecule has 0 aromatic heterocycles. The molecule has 10 heteroatoms. The van der Waals surface area contributed by atoms with E-state index in [1.807, 2.05) is 21.1 Å². The number of unbranched alkanes of at least 4 members (excludes halogenated alkanes) is 24. The fourth-order valence-electron chi connectivity index (χ4n) is 6.99. The van der Waals surface area contributed by atoms with Gasteiger partial charge in [-0.2, -0.15) is 0 Å². The number of aliphatic hydroxyl groups excluding tert-OH is 2. The number of rotatable bonds is 44. The minimum absolute atomic E-state index is 0.0467. The second-order valence-corrected chi connectivity index (χ2v) is 19.4. The number of aliphatic hydroxyl groups is 2. The van der Waals surface area contributed by atoms with Gasteiger partial charge in [0.15, 0.2) is 0 Å². The normalized spacial score (nSPS) is 15.1. The van der Waals surface area contributed by atoms with Crippen molar-refractivity contribution in [2.45, 2.75) is 231 Å². The summed E-state index contributed by atoms with van der Waals surface area (Å²) in [6, 6.07) is -1.09. The lowest BCUT2D eigenvalue weighted by atomic mass is 10.0. The lowest BCUT2D eigenvalue weighted by Crippen LogP contribution is -2.51. The van der Waals surface area contributed by atoms with Crippen LogP contribution >= 0.6 is 7.82 Å². The zero-order chi connectivity index (χ0) is 43.7. The Kier molecular flexibility index (Phi) is 39.8. The first-order valence-corrected chi connectivity index (χ1v) is 25.9. The Hall–Kier alpha value is -1.32. The molecule has 348 valence electrons. The molecule has 0 fully saturated rings. The maximum Gasteiger partial charge on any atom is 0.268 e. The van der Waals surface area contributed by atoms with Gasteiger partial charge in [-0.1, -0.05) is 172 Å². The van der Waals surface area contributed by atoms with E-state index in [0.717, 1.165) is 38.5 Å². The van der Waals surface area contributed by atoms with Gasteiger partial charge in [0.05, 0.1) is 39.9 Å². The molecule has 0 radical (unpaired) electrons. The van der Waals surface area contributed by atoms with Crippen LogP contribution in [0.25, 0.3) is 0 Å². The standard InChI is InChI=1S/C49H95N2O7P/c1-6-8-10-12-14-16-18-20-21-22-23-24-25-26-27-28-29-30-32-34-36-38-40-42-48(53)50-46(45-58-59(55,56)57-44-43-51(3,4)5)49(54)47(52)41-39-37-35-33-31-19-17-15-13-11-9-7-2/h18,20,22-23,33,35,46-47,49,52,54H,6-17,19,21,24-32,34,36-45H2,1-5H3,(H-,50,53,55,56)/b20-18-,23-22-,35-33+. The third kappa shape index (κ3) is 41.8. The van der Waals surface area contributed by atoms with Crippen LogP contribution < -0.4 is 10.2 Å². The maximum atomic E-state index is 12.9. The molecule has 0 aromatic rings. The van der Waals surface area contributed by atoms with Crippen molar-refractivity contribution in [3.63, 3.8) is 0 Å². The van der Waals surface area contributed by atoms with Crippen LogP contribution in [0.1, 0.15) is 213 Å². The average molecular weight is 855 g/mol. The number of nitrogens with zero attached hydrogens (tertiary/aromatic N) is 1. The van der Waals surface area contributed by atoms with E-state index in [4.69, 9.17) is 9.05 Å². The molecule has 0 aromatic carbocycles. The minimum atomic E-state index is -4.67. The lowest BCUT2D eigenvalue weighted by molar-refractivity contribution is -0.870. The molecule has 4 unspecified atom stereocenters. The van der Waals surface area contributed by atoms with Crippen LogP contribution in [-0.2, 0) is 18.4 Å². The Morgan fingerprint density at radius 1 is 0.610 bits per heavy atom. The lowest BCUT2D eigenvalue weighted by Gasteiger charge is -2.31. The number of phosphoric acid groups is 1. The molecule has 0 spiro atoms. The zero-order valence-corrected chi connectivity index (χ0v) is 40.0. The number of allylic oxidation sites excluding steroid dienone is 6. The van der Waals surface area contributed by atoms with Crippen molar-refractivity contribution in [1.29, 1.82) is 0 Å². The van der Waals surface area contributed by atoms with E-state index in [-0.39, 0.29) is 18.9 Å². The molecule has 0 saturated heterocycles. The number of nitrogens with one attached hydrogen (secondary N) is 1. The summed E-state index contributed by atoms with van der Waals surface area (Å²) in [4.78, 5) is 25.4. The van der Waals surface area contributed by atoms with Gasteiger partial charge in [-0.3, -0.25) is 9.36 Å². The minimum Gasteiger partial charge on any atom is -0.756 e. The Bertz CT molecular complexity index is 1080. The highest BCUT2D eigenvalue weighted by Gasteiger charge is 2.29. The van der Waals surface area contributed by atoms with Gasteiger partial charge in [0.2, 0.25) is 5.91 Å². The SMILES string of the molecule is CCCCCCC/C=C\C/C=C\CCCCCCCCCCCCCC(=O)NC(COP(=O)([O-])OCC[N+](C)(C)C)C(O)C(O)CCC/C=C/CCCCCCCCC. The summed E-state index contributed by atoms with van der Waals surface area (Å²) >= 11 is 0. The first-order valence-electron chi connectivity index (χ1n) is 24.4. The molecular weight excluding hydrogens is 760 g/mol. The molecule has 0 saturated carbocycles. The molecule has 59 heavy (non-hydrogen) atoms. The van der Waals surface area contributed by atoms with Gasteiger partial charge in [0.25, 0.3) is 7.82 Å². The topological polar surface area (TPSA) is 128 Å². The van der Waals surface area contributed by atoms with Crippen molar-refractivity contribution in [1.82, 2.24) is 5.32 Å². The zero-order valence-electron chi connectivity index (χ0n) is 39.1. The van der Waals surface area contributed by atoms with Crippen LogP contribution in [0.2, 0.25) is 0 Å². The monoisotopic (exact) mass is 855 g/mol. The molecule has 0 heterocycles. The number of hydrogen-bond acceptors (Lipinski definition) is 7. The van der Waals surface area contributed by atoms with Crippen LogP contribution in [0, 0.1) is 0 Å². The van der Waals surface area contributed by atoms with E-state index in [2.05, 4.69) is 55.6 Å². The number of carbonyl (C=O) groups excluding carboxylic acids is 1. The summed E-state index contributed by atoms with van der Waals surface area (Å²) in [5.41, 5.74) is 0. The summed E-state index contributed by atoms with van der Waals surface area (Å²) in [5, 5.41) is 24.6. The molecule has 0 rings (SSSR count). The van der Waals surface area contributed by atoms with Crippen molar-refractivity contribution in [3.05, 3.63) is 36.5 Å². The molecule has 0 aliphatic carbocycles. The van der Waals surface area contributed by atoms with Gasteiger partial charge in [-0.05, 0) is 70.6 Å². The molecule has 3 N–H and O–H groups in total. The smallest absolute Gasteiger partial charge is 0.268 e. The average Bonchev–Trinajstić information content (AvgIpc) is 3.19. The van der Waals surface area contributed by atoms with E-state index in [0.29, 0.717) is 30.3 Å². The van der Waals surface area contributed by atoms with E-state index in [1.165, 1.54) is 135 Å². The summed E-state index contributed by atoms with van der Waals surface area (Å²) in [7, 11) is 1.10. The quantitative estimate of drug-likeness (QED) is 0.0241. The van der Waals surface area contributed by atoms with Gasteiger partial charge in [-0.25, -0.2) is 0 Å². The van der Waals surface area contributed by atoms with Gasteiger partial charge in [-0.15, -0.1) is 0 Å².